The van der Waals surface area contributed by atoms with E-state index in [1.165, 1.54) is 25.7 Å². The van der Waals surface area contributed by atoms with Crippen LogP contribution >= 0.6 is 0 Å². The number of hydrogen-bond acceptors (Lipinski definition) is 13. The van der Waals surface area contributed by atoms with Gasteiger partial charge in [-0.25, -0.2) is 0 Å². The van der Waals surface area contributed by atoms with Crippen LogP contribution in [0.15, 0.2) is 0 Å². The maximum atomic E-state index is 11.7. The van der Waals surface area contributed by atoms with E-state index in [0.717, 1.165) is 19.3 Å². The zero-order valence-electron chi connectivity index (χ0n) is 28.8. The molecular formula is C33H64O13. The molecule has 46 heavy (non-hydrogen) atoms. The highest BCUT2D eigenvalue weighted by atomic mass is 16.6. The second-order valence-corrected chi connectivity index (χ2v) is 10.2. The number of carbonyl (C=O) groups excluding carboxylic acids is 2. The van der Waals surface area contributed by atoms with Crippen molar-refractivity contribution in [3.63, 3.8) is 0 Å². The molecule has 0 N–H and O–H groups in total. The summed E-state index contributed by atoms with van der Waals surface area (Å²) in [6.45, 7) is 13.1. The van der Waals surface area contributed by atoms with Crippen LogP contribution in [0.1, 0.15) is 71.6 Å². The fourth-order valence-electron chi connectivity index (χ4n) is 3.69. The van der Waals surface area contributed by atoms with Crippen molar-refractivity contribution in [2.45, 2.75) is 71.6 Å². The maximum Gasteiger partial charge on any atom is 0.305 e. The van der Waals surface area contributed by atoms with Gasteiger partial charge in [0, 0.05) is 12.8 Å². The van der Waals surface area contributed by atoms with Crippen molar-refractivity contribution in [3.05, 3.63) is 0 Å². The van der Waals surface area contributed by atoms with E-state index < -0.39 is 0 Å². The maximum absolute atomic E-state index is 11.7. The Hall–Kier alpha value is -1.42. The van der Waals surface area contributed by atoms with Crippen LogP contribution in [0, 0.1) is 0 Å². The van der Waals surface area contributed by atoms with Crippen molar-refractivity contribution in [1.29, 1.82) is 0 Å². The second kappa shape index (κ2) is 39.8. The Kier molecular flexibility index (Phi) is 38.5. The Morgan fingerprint density at radius 3 is 0.870 bits per heavy atom. The molecule has 0 aliphatic heterocycles. The summed E-state index contributed by atoms with van der Waals surface area (Å²) < 4.78 is 59.1. The van der Waals surface area contributed by atoms with Crippen LogP contribution in [-0.2, 0) is 61.7 Å². The lowest BCUT2D eigenvalue weighted by Crippen LogP contribution is -2.15. The lowest BCUT2D eigenvalue weighted by molar-refractivity contribution is -0.146. The van der Waals surface area contributed by atoms with Crippen molar-refractivity contribution in [3.8, 4) is 0 Å². The van der Waals surface area contributed by atoms with Gasteiger partial charge in [-0.2, -0.15) is 0 Å². The Balaban J connectivity index is 3.11. The molecule has 0 spiro atoms. The molecule has 13 nitrogen and oxygen atoms in total. The minimum atomic E-state index is -0.190. The van der Waals surface area contributed by atoms with Crippen LogP contribution in [0.25, 0.3) is 0 Å². The molecule has 0 saturated carbocycles. The molecule has 0 heterocycles. The predicted molar refractivity (Wildman–Crippen MR) is 172 cm³/mol. The average Bonchev–Trinajstić information content (AvgIpc) is 3.05. The van der Waals surface area contributed by atoms with E-state index in [1.54, 1.807) is 0 Å². The zero-order valence-corrected chi connectivity index (χ0v) is 28.8. The summed E-state index contributed by atoms with van der Waals surface area (Å²) >= 11 is 0. The number of rotatable bonds is 39. The van der Waals surface area contributed by atoms with Crippen molar-refractivity contribution in [1.82, 2.24) is 0 Å². The van der Waals surface area contributed by atoms with Crippen molar-refractivity contribution < 1.29 is 61.7 Å². The van der Waals surface area contributed by atoms with Crippen LogP contribution in [0.2, 0.25) is 0 Å². The molecule has 0 radical (unpaired) electrons. The van der Waals surface area contributed by atoms with Crippen LogP contribution in [-0.4, -0.2) is 144 Å². The van der Waals surface area contributed by atoms with E-state index in [9.17, 15) is 9.59 Å². The lowest BCUT2D eigenvalue weighted by atomic mass is 10.1. The van der Waals surface area contributed by atoms with E-state index in [2.05, 4.69) is 6.92 Å². The summed E-state index contributed by atoms with van der Waals surface area (Å²) in [5.41, 5.74) is 0. The van der Waals surface area contributed by atoms with Gasteiger partial charge in [0.05, 0.1) is 119 Å². The van der Waals surface area contributed by atoms with Crippen LogP contribution in [0.5, 0.6) is 0 Å². The van der Waals surface area contributed by atoms with Crippen molar-refractivity contribution in [2.24, 2.45) is 0 Å². The van der Waals surface area contributed by atoms with Gasteiger partial charge in [-0.1, -0.05) is 46.0 Å². The first-order valence-corrected chi connectivity index (χ1v) is 17.2. The predicted octanol–water partition coefficient (Wildman–Crippen LogP) is 3.77. The van der Waals surface area contributed by atoms with Gasteiger partial charge in [0.25, 0.3) is 0 Å². The van der Waals surface area contributed by atoms with E-state index >= 15 is 0 Å². The molecule has 0 aliphatic rings. The van der Waals surface area contributed by atoms with E-state index in [1.807, 2.05) is 6.92 Å². The molecule has 0 aliphatic carbocycles. The smallest absolute Gasteiger partial charge is 0.305 e. The van der Waals surface area contributed by atoms with Crippen LogP contribution < -0.4 is 0 Å². The van der Waals surface area contributed by atoms with Gasteiger partial charge in [-0.15, -0.1) is 0 Å². The SMILES string of the molecule is CCCCCCCCC(=O)OCCOCCOCCOCCOCCOCCOCCOCCOCCOCCOC(=O)CCC. The Morgan fingerprint density at radius 1 is 0.304 bits per heavy atom. The molecule has 0 saturated heterocycles. The molecule has 0 unspecified atom stereocenters. The van der Waals surface area contributed by atoms with E-state index in [-0.39, 0.29) is 25.2 Å². The number of carbonyl (C=O) groups is 2. The first-order chi connectivity index (χ1) is 22.7. The monoisotopic (exact) mass is 668 g/mol. The van der Waals surface area contributed by atoms with Gasteiger partial charge in [0.2, 0.25) is 0 Å². The number of ether oxygens (including phenoxy) is 11. The van der Waals surface area contributed by atoms with Gasteiger partial charge in [0.1, 0.15) is 13.2 Å². The fourth-order valence-corrected chi connectivity index (χ4v) is 3.69. The van der Waals surface area contributed by atoms with Gasteiger partial charge in [0.15, 0.2) is 0 Å². The van der Waals surface area contributed by atoms with Crippen molar-refractivity contribution in [2.75, 3.05) is 132 Å². The molecule has 0 rings (SSSR count). The first-order valence-electron chi connectivity index (χ1n) is 17.2. The zero-order chi connectivity index (χ0) is 33.4. The average molecular weight is 669 g/mol. The third-order valence-electron chi connectivity index (χ3n) is 6.15. The summed E-state index contributed by atoms with van der Waals surface area (Å²) in [5, 5.41) is 0. The standard InChI is InChI=1S/C33H64O13/c1-3-5-6-7-8-9-11-33(35)46-31-29-44-27-25-42-23-21-40-19-17-38-15-13-36-12-14-37-16-18-39-20-22-41-24-26-43-28-30-45-32(34)10-4-2/h3-31H2,1-2H3. The fraction of sp³-hybridized carbons (Fsp3) is 0.939. The van der Waals surface area contributed by atoms with Crippen LogP contribution in [0.4, 0.5) is 0 Å². The molecule has 0 bridgehead atoms. The molecule has 0 amide bonds. The normalized spacial score (nSPS) is 11.3. The molecular weight excluding hydrogens is 604 g/mol. The number of unbranched alkanes of at least 4 members (excludes halogenated alkanes) is 5. The van der Waals surface area contributed by atoms with Crippen LogP contribution in [0.3, 0.4) is 0 Å². The van der Waals surface area contributed by atoms with Gasteiger partial charge in [-0.3, -0.25) is 9.59 Å². The number of esters is 2. The highest BCUT2D eigenvalue weighted by molar-refractivity contribution is 5.69. The molecule has 274 valence electrons. The molecule has 0 atom stereocenters. The second-order valence-electron chi connectivity index (χ2n) is 10.2. The van der Waals surface area contributed by atoms with Gasteiger partial charge >= 0.3 is 11.9 Å². The lowest BCUT2D eigenvalue weighted by Gasteiger charge is -2.09. The van der Waals surface area contributed by atoms with Gasteiger partial charge in [-0.05, 0) is 12.8 Å². The highest BCUT2D eigenvalue weighted by Crippen LogP contribution is 2.07. The van der Waals surface area contributed by atoms with Gasteiger partial charge < -0.3 is 52.1 Å². The minimum absolute atomic E-state index is 0.146. The summed E-state index contributed by atoms with van der Waals surface area (Å²) in [5.74, 6) is -0.336. The minimum Gasteiger partial charge on any atom is -0.463 e. The molecule has 0 aromatic rings. The molecule has 13 heteroatoms. The Labute approximate surface area is 277 Å². The quantitative estimate of drug-likeness (QED) is 0.0695. The Morgan fingerprint density at radius 2 is 0.565 bits per heavy atom. The largest absolute Gasteiger partial charge is 0.463 e. The summed E-state index contributed by atoms with van der Waals surface area (Å²) in [7, 11) is 0. The summed E-state index contributed by atoms with van der Waals surface area (Å²) in [4.78, 5) is 22.8. The summed E-state index contributed by atoms with van der Waals surface area (Å²) in [6.07, 6.45) is 8.63. The first kappa shape index (κ1) is 44.6. The van der Waals surface area contributed by atoms with E-state index in [0.29, 0.717) is 132 Å². The van der Waals surface area contributed by atoms with Crippen molar-refractivity contribution >= 4 is 11.9 Å². The highest BCUT2D eigenvalue weighted by Gasteiger charge is 2.03. The molecule has 0 fully saturated rings. The third kappa shape index (κ3) is 38.8. The number of hydrogen-bond donors (Lipinski definition) is 0. The Bertz CT molecular complexity index is 624. The topological polar surface area (TPSA) is 136 Å². The molecule has 0 aromatic heterocycles. The third-order valence-corrected chi connectivity index (χ3v) is 6.15. The van der Waals surface area contributed by atoms with E-state index in [4.69, 9.17) is 52.1 Å². The summed E-state index contributed by atoms with van der Waals surface area (Å²) in [6, 6.07) is 0. The molecule has 0 aromatic carbocycles.